The van der Waals surface area contributed by atoms with Crippen molar-refractivity contribution in [2.75, 3.05) is 6.54 Å². The molecule has 1 unspecified atom stereocenters. The van der Waals surface area contributed by atoms with Crippen LogP contribution in [0.3, 0.4) is 0 Å². The molecule has 0 spiro atoms. The first kappa shape index (κ1) is 15.3. The summed E-state index contributed by atoms with van der Waals surface area (Å²) in [6, 6.07) is 4.23. The molecule has 0 saturated carbocycles. The Hall–Kier alpha value is -1.11. The van der Waals surface area contributed by atoms with Crippen molar-refractivity contribution in [3.63, 3.8) is 0 Å². The van der Waals surface area contributed by atoms with Crippen LogP contribution < -0.4 is 0 Å². The number of hydrogen-bond acceptors (Lipinski definition) is 3. The highest BCUT2D eigenvalue weighted by atomic mass is 35.5. The summed E-state index contributed by atoms with van der Waals surface area (Å²) < 4.78 is 26.6. The monoisotopic (exact) mass is 317 g/mol. The van der Waals surface area contributed by atoms with Crippen LogP contribution in [0.4, 0.5) is 0 Å². The summed E-state index contributed by atoms with van der Waals surface area (Å²) in [5.74, 6) is -0.986. The van der Waals surface area contributed by atoms with Crippen LogP contribution in [0.15, 0.2) is 23.1 Å². The van der Waals surface area contributed by atoms with Gasteiger partial charge in [0, 0.05) is 17.6 Å². The van der Waals surface area contributed by atoms with E-state index in [0.29, 0.717) is 30.0 Å². The third-order valence-corrected chi connectivity index (χ3v) is 5.80. The molecular weight excluding hydrogens is 302 g/mol. The highest BCUT2D eigenvalue weighted by Gasteiger charge is 2.37. The normalized spacial score (nSPS) is 20.2. The van der Waals surface area contributed by atoms with E-state index in [-0.39, 0.29) is 11.3 Å². The maximum Gasteiger partial charge on any atom is 0.304 e. The lowest BCUT2D eigenvalue weighted by Gasteiger charge is -2.23. The molecule has 1 saturated heterocycles. The Kier molecular flexibility index (Phi) is 4.36. The number of carboxylic acid groups (broad SMARTS) is 1. The Morgan fingerprint density at radius 1 is 1.50 bits per heavy atom. The third-order valence-electron chi connectivity index (χ3n) is 3.47. The first-order chi connectivity index (χ1) is 9.32. The Bertz CT molecular complexity index is 629. The van der Waals surface area contributed by atoms with E-state index in [9.17, 15) is 13.2 Å². The minimum atomic E-state index is -3.70. The smallest absolute Gasteiger partial charge is 0.304 e. The van der Waals surface area contributed by atoms with Gasteiger partial charge in [-0.25, -0.2) is 8.42 Å². The standard InChI is InChI=1S/C13H16ClNO4S/c1-9-4-5-10(14)7-12(9)20(18,19)15-6-2-3-11(15)8-13(16)17/h4-5,7,11H,2-3,6,8H2,1H3,(H,16,17). The van der Waals surface area contributed by atoms with E-state index < -0.39 is 22.0 Å². The summed E-state index contributed by atoms with van der Waals surface area (Å²) in [5.41, 5.74) is 0.607. The van der Waals surface area contributed by atoms with Gasteiger partial charge in [-0.05, 0) is 37.5 Å². The number of aliphatic carboxylic acids is 1. The Balaban J connectivity index is 2.39. The van der Waals surface area contributed by atoms with Crippen LogP contribution in [0.2, 0.25) is 5.02 Å². The molecule has 1 aliphatic heterocycles. The molecule has 5 nitrogen and oxygen atoms in total. The average molecular weight is 318 g/mol. The van der Waals surface area contributed by atoms with E-state index in [4.69, 9.17) is 16.7 Å². The summed E-state index contributed by atoms with van der Waals surface area (Å²) >= 11 is 5.87. The molecule has 1 atom stereocenters. The lowest BCUT2D eigenvalue weighted by atomic mass is 10.2. The molecule has 110 valence electrons. The molecule has 1 aromatic carbocycles. The number of rotatable bonds is 4. The zero-order valence-corrected chi connectivity index (χ0v) is 12.6. The number of halogens is 1. The molecule has 7 heteroatoms. The fourth-order valence-corrected chi connectivity index (χ4v) is 4.69. The van der Waals surface area contributed by atoms with Crippen LogP contribution in [0.1, 0.15) is 24.8 Å². The molecule has 0 radical (unpaired) electrons. The fourth-order valence-electron chi connectivity index (χ4n) is 2.51. The molecule has 1 fully saturated rings. The fraction of sp³-hybridized carbons (Fsp3) is 0.462. The quantitative estimate of drug-likeness (QED) is 0.924. The predicted octanol–water partition coefficient (Wildman–Crippen LogP) is 2.28. The number of nitrogens with zero attached hydrogens (tertiary/aromatic N) is 1. The van der Waals surface area contributed by atoms with Crippen LogP contribution in [0, 0.1) is 6.92 Å². The van der Waals surface area contributed by atoms with E-state index in [1.54, 1.807) is 19.1 Å². The van der Waals surface area contributed by atoms with Gasteiger partial charge >= 0.3 is 5.97 Å². The molecular formula is C13H16ClNO4S. The number of carboxylic acids is 1. The summed E-state index contributed by atoms with van der Waals surface area (Å²) in [6.07, 6.45) is 1.08. The van der Waals surface area contributed by atoms with Gasteiger partial charge in [0.25, 0.3) is 0 Å². The molecule has 1 aromatic rings. The van der Waals surface area contributed by atoms with Crippen LogP contribution >= 0.6 is 11.6 Å². The predicted molar refractivity (Wildman–Crippen MR) is 75.4 cm³/mol. The second-order valence-electron chi connectivity index (χ2n) is 4.92. The van der Waals surface area contributed by atoms with Crippen molar-refractivity contribution in [1.29, 1.82) is 0 Å². The minimum Gasteiger partial charge on any atom is -0.481 e. The summed E-state index contributed by atoms with van der Waals surface area (Å²) in [7, 11) is -3.70. The highest BCUT2D eigenvalue weighted by molar-refractivity contribution is 7.89. The van der Waals surface area contributed by atoms with Crippen molar-refractivity contribution >= 4 is 27.6 Å². The van der Waals surface area contributed by atoms with Gasteiger partial charge in [0.15, 0.2) is 0 Å². The molecule has 0 aromatic heterocycles. The molecule has 2 rings (SSSR count). The van der Waals surface area contributed by atoms with Gasteiger partial charge in [0.05, 0.1) is 11.3 Å². The Morgan fingerprint density at radius 2 is 2.20 bits per heavy atom. The topological polar surface area (TPSA) is 74.7 Å². The first-order valence-corrected chi connectivity index (χ1v) is 8.14. The molecule has 0 amide bonds. The second kappa shape index (κ2) is 5.71. The Morgan fingerprint density at radius 3 is 2.85 bits per heavy atom. The lowest BCUT2D eigenvalue weighted by molar-refractivity contribution is -0.137. The maximum atomic E-state index is 12.7. The number of carbonyl (C=O) groups is 1. The Labute approximate surface area is 123 Å². The van der Waals surface area contributed by atoms with Crippen molar-refractivity contribution in [3.05, 3.63) is 28.8 Å². The van der Waals surface area contributed by atoms with E-state index in [1.165, 1.54) is 10.4 Å². The highest BCUT2D eigenvalue weighted by Crippen LogP contribution is 2.30. The third kappa shape index (κ3) is 2.97. The van der Waals surface area contributed by atoms with Gasteiger partial charge in [0.2, 0.25) is 10.0 Å². The van der Waals surface area contributed by atoms with Gasteiger partial charge in [-0.3, -0.25) is 4.79 Å². The lowest BCUT2D eigenvalue weighted by Crippen LogP contribution is -2.37. The number of benzene rings is 1. The van der Waals surface area contributed by atoms with Crippen LogP contribution in [-0.4, -0.2) is 36.4 Å². The van der Waals surface area contributed by atoms with Gasteiger partial charge < -0.3 is 5.11 Å². The zero-order chi connectivity index (χ0) is 14.9. The largest absolute Gasteiger partial charge is 0.481 e. The first-order valence-electron chi connectivity index (χ1n) is 6.32. The molecule has 1 heterocycles. The SMILES string of the molecule is Cc1ccc(Cl)cc1S(=O)(=O)N1CCCC1CC(=O)O. The van der Waals surface area contributed by atoms with Crippen molar-refractivity contribution in [3.8, 4) is 0 Å². The van der Waals surface area contributed by atoms with Crippen LogP contribution in [0.5, 0.6) is 0 Å². The minimum absolute atomic E-state index is 0.155. The molecule has 0 aliphatic carbocycles. The molecule has 1 N–H and O–H groups in total. The van der Waals surface area contributed by atoms with Gasteiger partial charge in [0.1, 0.15) is 0 Å². The van der Waals surface area contributed by atoms with Crippen molar-refractivity contribution in [2.24, 2.45) is 0 Å². The molecule has 1 aliphatic rings. The van der Waals surface area contributed by atoms with Crippen LogP contribution in [0.25, 0.3) is 0 Å². The summed E-state index contributed by atoms with van der Waals surface area (Å²) in [4.78, 5) is 11.0. The van der Waals surface area contributed by atoms with E-state index >= 15 is 0 Å². The number of aryl methyl sites for hydroxylation is 1. The average Bonchev–Trinajstić information content (AvgIpc) is 2.80. The van der Waals surface area contributed by atoms with E-state index in [0.717, 1.165) is 0 Å². The van der Waals surface area contributed by atoms with Gasteiger partial charge in [-0.1, -0.05) is 17.7 Å². The maximum absolute atomic E-state index is 12.7. The molecule has 20 heavy (non-hydrogen) atoms. The van der Waals surface area contributed by atoms with Crippen molar-refractivity contribution in [2.45, 2.75) is 37.1 Å². The second-order valence-corrected chi connectivity index (χ2v) is 7.21. The van der Waals surface area contributed by atoms with Gasteiger partial charge in [-0.2, -0.15) is 4.31 Å². The number of hydrogen-bond donors (Lipinski definition) is 1. The van der Waals surface area contributed by atoms with E-state index in [2.05, 4.69) is 0 Å². The summed E-state index contributed by atoms with van der Waals surface area (Å²) in [5, 5.41) is 9.23. The molecule has 0 bridgehead atoms. The van der Waals surface area contributed by atoms with Crippen LogP contribution in [-0.2, 0) is 14.8 Å². The number of sulfonamides is 1. The summed E-state index contributed by atoms with van der Waals surface area (Å²) in [6.45, 7) is 2.05. The van der Waals surface area contributed by atoms with Crippen molar-refractivity contribution < 1.29 is 18.3 Å². The zero-order valence-electron chi connectivity index (χ0n) is 11.0. The van der Waals surface area contributed by atoms with Crippen molar-refractivity contribution in [1.82, 2.24) is 4.31 Å². The van der Waals surface area contributed by atoms with Gasteiger partial charge in [-0.15, -0.1) is 0 Å². The van der Waals surface area contributed by atoms with E-state index in [1.807, 2.05) is 0 Å².